The van der Waals surface area contributed by atoms with Gasteiger partial charge < -0.3 is 15.7 Å². The molecule has 6 heteroatoms. The van der Waals surface area contributed by atoms with Gasteiger partial charge in [-0.3, -0.25) is 9.69 Å². The molecule has 3 N–H and O–H groups in total. The van der Waals surface area contributed by atoms with Crippen LogP contribution in [0.3, 0.4) is 0 Å². The summed E-state index contributed by atoms with van der Waals surface area (Å²) in [5.74, 6) is 0.0295. The number of aliphatic carboxylic acids is 1. The number of rotatable bonds is 4. The Kier molecular flexibility index (Phi) is 4.11. The molecule has 0 aromatic carbocycles. The first-order chi connectivity index (χ1) is 8.66. The fourth-order valence-corrected chi connectivity index (χ4v) is 2.06. The number of hydrogen-bond donors (Lipinski definition) is 2. The fourth-order valence-electron chi connectivity index (χ4n) is 2.06. The van der Waals surface area contributed by atoms with E-state index in [0.29, 0.717) is 6.54 Å². The van der Waals surface area contributed by atoms with Gasteiger partial charge in [0.1, 0.15) is 11.9 Å². The van der Waals surface area contributed by atoms with Gasteiger partial charge >= 0.3 is 5.97 Å². The third kappa shape index (κ3) is 3.18. The number of piperazine rings is 1. The van der Waals surface area contributed by atoms with Crippen molar-refractivity contribution in [1.29, 1.82) is 0 Å². The molecule has 0 aliphatic carbocycles. The Bertz CT molecular complexity index is 390. The zero-order valence-electron chi connectivity index (χ0n) is 10.2. The van der Waals surface area contributed by atoms with Crippen molar-refractivity contribution in [3.63, 3.8) is 0 Å². The van der Waals surface area contributed by atoms with E-state index in [-0.39, 0.29) is 0 Å². The van der Waals surface area contributed by atoms with Gasteiger partial charge in [0.2, 0.25) is 0 Å². The van der Waals surface area contributed by atoms with Crippen LogP contribution in [0.1, 0.15) is 0 Å². The molecule has 0 saturated carbocycles. The molecule has 1 aromatic heterocycles. The standard InChI is InChI=1S/C12H18N4O2/c13-10(12(17)18)9-15-5-7-16(8-6-15)11-3-1-2-4-14-11/h1-4,10H,5-9,13H2,(H,17,18). The topological polar surface area (TPSA) is 82.7 Å². The van der Waals surface area contributed by atoms with E-state index in [4.69, 9.17) is 10.8 Å². The molecular formula is C12H18N4O2. The minimum Gasteiger partial charge on any atom is -0.480 e. The van der Waals surface area contributed by atoms with E-state index in [1.807, 2.05) is 18.2 Å². The van der Waals surface area contributed by atoms with Gasteiger partial charge in [-0.25, -0.2) is 4.98 Å². The number of anilines is 1. The van der Waals surface area contributed by atoms with E-state index in [0.717, 1.165) is 32.0 Å². The van der Waals surface area contributed by atoms with Crippen LogP contribution in [0.4, 0.5) is 5.82 Å². The molecule has 1 atom stereocenters. The molecule has 1 fully saturated rings. The average Bonchev–Trinajstić information content (AvgIpc) is 2.40. The van der Waals surface area contributed by atoms with Crippen LogP contribution in [0.5, 0.6) is 0 Å². The number of carboxylic acids is 1. The Morgan fingerprint density at radius 2 is 2.11 bits per heavy atom. The van der Waals surface area contributed by atoms with Crippen LogP contribution in [0, 0.1) is 0 Å². The van der Waals surface area contributed by atoms with Gasteiger partial charge in [-0.2, -0.15) is 0 Å². The summed E-state index contributed by atoms with van der Waals surface area (Å²) < 4.78 is 0. The maximum absolute atomic E-state index is 10.7. The van der Waals surface area contributed by atoms with Crippen molar-refractivity contribution in [3.8, 4) is 0 Å². The summed E-state index contributed by atoms with van der Waals surface area (Å²) in [6.45, 7) is 3.74. The Balaban J connectivity index is 1.83. The van der Waals surface area contributed by atoms with E-state index in [1.165, 1.54) is 0 Å². The number of nitrogens with two attached hydrogens (primary N) is 1. The van der Waals surface area contributed by atoms with Crippen LogP contribution in [0.15, 0.2) is 24.4 Å². The highest BCUT2D eigenvalue weighted by Crippen LogP contribution is 2.12. The highest BCUT2D eigenvalue weighted by atomic mass is 16.4. The van der Waals surface area contributed by atoms with Crippen LogP contribution in [0.25, 0.3) is 0 Å². The summed E-state index contributed by atoms with van der Waals surface area (Å²) in [5.41, 5.74) is 5.53. The van der Waals surface area contributed by atoms with E-state index < -0.39 is 12.0 Å². The number of carbonyl (C=O) groups is 1. The lowest BCUT2D eigenvalue weighted by molar-refractivity contribution is -0.139. The number of carboxylic acid groups (broad SMARTS) is 1. The predicted octanol–water partition coefficient (Wildman–Crippen LogP) is -0.384. The van der Waals surface area contributed by atoms with E-state index in [2.05, 4.69) is 14.8 Å². The minimum atomic E-state index is -0.942. The molecular weight excluding hydrogens is 232 g/mol. The first-order valence-electron chi connectivity index (χ1n) is 6.03. The molecule has 1 aliphatic rings. The van der Waals surface area contributed by atoms with Gasteiger partial charge in [0.05, 0.1) is 0 Å². The molecule has 1 aliphatic heterocycles. The molecule has 1 aromatic rings. The molecule has 2 heterocycles. The normalized spacial score (nSPS) is 18.6. The Labute approximate surface area is 106 Å². The maximum Gasteiger partial charge on any atom is 0.321 e. The van der Waals surface area contributed by atoms with Crippen LogP contribution in [0.2, 0.25) is 0 Å². The van der Waals surface area contributed by atoms with Crippen LogP contribution in [-0.4, -0.2) is 59.7 Å². The molecule has 1 saturated heterocycles. The molecule has 0 amide bonds. The summed E-state index contributed by atoms with van der Waals surface area (Å²) in [5, 5.41) is 8.77. The van der Waals surface area contributed by atoms with Crippen molar-refractivity contribution in [1.82, 2.24) is 9.88 Å². The van der Waals surface area contributed by atoms with Crippen molar-refractivity contribution in [3.05, 3.63) is 24.4 Å². The second-order valence-electron chi connectivity index (χ2n) is 4.42. The van der Waals surface area contributed by atoms with E-state index >= 15 is 0 Å². The molecule has 0 bridgehead atoms. The summed E-state index contributed by atoms with van der Waals surface area (Å²) in [6.07, 6.45) is 1.78. The van der Waals surface area contributed by atoms with Gasteiger partial charge in [-0.05, 0) is 12.1 Å². The number of nitrogens with zero attached hydrogens (tertiary/aromatic N) is 3. The third-order valence-corrected chi connectivity index (χ3v) is 3.12. The highest BCUT2D eigenvalue weighted by Gasteiger charge is 2.21. The van der Waals surface area contributed by atoms with Crippen LogP contribution >= 0.6 is 0 Å². The monoisotopic (exact) mass is 250 g/mol. The summed E-state index contributed by atoms with van der Waals surface area (Å²) in [7, 11) is 0. The quantitative estimate of drug-likeness (QED) is 0.757. The summed E-state index contributed by atoms with van der Waals surface area (Å²) in [6, 6.07) is 5.05. The van der Waals surface area contributed by atoms with Crippen LogP contribution in [-0.2, 0) is 4.79 Å². The van der Waals surface area contributed by atoms with E-state index in [9.17, 15) is 4.79 Å². The maximum atomic E-state index is 10.7. The van der Waals surface area contributed by atoms with Gasteiger partial charge in [0, 0.05) is 38.9 Å². The number of aromatic nitrogens is 1. The molecule has 18 heavy (non-hydrogen) atoms. The molecule has 0 radical (unpaired) electrons. The van der Waals surface area contributed by atoms with Crippen molar-refractivity contribution >= 4 is 11.8 Å². The second-order valence-corrected chi connectivity index (χ2v) is 4.42. The van der Waals surface area contributed by atoms with E-state index in [1.54, 1.807) is 6.20 Å². The number of hydrogen-bond acceptors (Lipinski definition) is 5. The van der Waals surface area contributed by atoms with Gasteiger partial charge in [0.25, 0.3) is 0 Å². The first kappa shape index (κ1) is 12.8. The van der Waals surface area contributed by atoms with Crippen molar-refractivity contribution in [2.24, 2.45) is 5.73 Å². The van der Waals surface area contributed by atoms with Gasteiger partial charge in [-0.15, -0.1) is 0 Å². The van der Waals surface area contributed by atoms with Gasteiger partial charge in [0.15, 0.2) is 0 Å². The lowest BCUT2D eigenvalue weighted by Gasteiger charge is -2.35. The Morgan fingerprint density at radius 3 is 2.67 bits per heavy atom. The fraction of sp³-hybridized carbons (Fsp3) is 0.500. The molecule has 98 valence electrons. The van der Waals surface area contributed by atoms with Crippen molar-refractivity contribution in [2.75, 3.05) is 37.6 Å². The van der Waals surface area contributed by atoms with Crippen LogP contribution < -0.4 is 10.6 Å². The summed E-state index contributed by atoms with van der Waals surface area (Å²) in [4.78, 5) is 19.3. The van der Waals surface area contributed by atoms with Crippen molar-refractivity contribution in [2.45, 2.75) is 6.04 Å². The molecule has 6 nitrogen and oxygen atoms in total. The highest BCUT2D eigenvalue weighted by molar-refractivity contribution is 5.73. The lowest BCUT2D eigenvalue weighted by atomic mass is 10.2. The zero-order chi connectivity index (χ0) is 13.0. The first-order valence-corrected chi connectivity index (χ1v) is 6.03. The Hall–Kier alpha value is -1.66. The predicted molar refractivity (Wildman–Crippen MR) is 68.5 cm³/mol. The molecule has 0 spiro atoms. The zero-order valence-corrected chi connectivity index (χ0v) is 10.2. The molecule has 1 unspecified atom stereocenters. The Morgan fingerprint density at radius 1 is 1.39 bits per heavy atom. The van der Waals surface area contributed by atoms with Crippen molar-refractivity contribution < 1.29 is 9.90 Å². The SMILES string of the molecule is NC(CN1CCN(c2ccccn2)CC1)C(=O)O. The largest absolute Gasteiger partial charge is 0.480 e. The minimum absolute atomic E-state index is 0.408. The lowest BCUT2D eigenvalue weighted by Crippen LogP contribution is -2.51. The van der Waals surface area contributed by atoms with Gasteiger partial charge in [-0.1, -0.05) is 6.07 Å². The second kappa shape index (κ2) is 5.79. The summed E-state index contributed by atoms with van der Waals surface area (Å²) >= 11 is 0. The smallest absolute Gasteiger partial charge is 0.321 e. The molecule has 2 rings (SSSR count). The average molecular weight is 250 g/mol. The third-order valence-electron chi connectivity index (χ3n) is 3.12. The number of pyridine rings is 1.